The van der Waals surface area contributed by atoms with Crippen molar-refractivity contribution in [1.29, 1.82) is 0 Å². The minimum atomic E-state index is -0.453. The van der Waals surface area contributed by atoms with E-state index in [2.05, 4.69) is 5.32 Å². The van der Waals surface area contributed by atoms with Gasteiger partial charge in [0.15, 0.2) is 0 Å². The highest BCUT2D eigenvalue weighted by Gasteiger charge is 2.16. The molecule has 0 aliphatic heterocycles. The fraction of sp³-hybridized carbons (Fsp3) is 0.125. The molecule has 1 amide bonds. The first kappa shape index (κ1) is 20.8. The monoisotopic (exact) mass is 402 g/mol. The Morgan fingerprint density at radius 3 is 2.37 bits per heavy atom. The highest BCUT2D eigenvalue weighted by Crippen LogP contribution is 2.23. The molecule has 0 aliphatic rings. The number of nitro groups is 1. The zero-order valence-corrected chi connectivity index (χ0v) is 16.7. The van der Waals surface area contributed by atoms with E-state index in [1.807, 2.05) is 61.5 Å². The summed E-state index contributed by atoms with van der Waals surface area (Å²) in [7, 11) is 1.60. The number of nitro benzene ring substituents is 1. The second-order valence-electron chi connectivity index (χ2n) is 6.74. The number of carbonyl (C=O) groups excluding carboxylic acids is 1. The summed E-state index contributed by atoms with van der Waals surface area (Å²) in [5.41, 5.74) is 2.64. The minimum Gasteiger partial charge on any atom is -0.497 e. The molecule has 3 aromatic carbocycles. The van der Waals surface area contributed by atoms with Crippen LogP contribution in [0, 0.1) is 10.1 Å². The predicted octanol–water partition coefficient (Wildman–Crippen LogP) is 5.02. The summed E-state index contributed by atoms with van der Waals surface area (Å²) in [6, 6.07) is 22.7. The zero-order chi connectivity index (χ0) is 21.5. The van der Waals surface area contributed by atoms with Crippen LogP contribution in [0.5, 0.6) is 5.75 Å². The van der Waals surface area contributed by atoms with Crippen molar-refractivity contribution >= 4 is 23.2 Å². The van der Waals surface area contributed by atoms with Crippen molar-refractivity contribution in [3.8, 4) is 5.75 Å². The van der Waals surface area contributed by atoms with Crippen LogP contribution in [0.25, 0.3) is 11.6 Å². The number of non-ortho nitro benzene ring substituents is 1. The number of rotatable bonds is 7. The molecule has 152 valence electrons. The molecular weight excluding hydrogens is 380 g/mol. The average molecular weight is 402 g/mol. The molecule has 3 rings (SSSR count). The molecule has 0 unspecified atom stereocenters. The topological polar surface area (TPSA) is 81.5 Å². The van der Waals surface area contributed by atoms with Gasteiger partial charge < -0.3 is 10.1 Å². The third-order valence-corrected chi connectivity index (χ3v) is 4.68. The van der Waals surface area contributed by atoms with Crippen molar-refractivity contribution in [2.45, 2.75) is 13.0 Å². The molecule has 6 heteroatoms. The number of benzene rings is 3. The molecular formula is C24H22N2O4. The molecule has 0 aromatic heterocycles. The Hall–Kier alpha value is -3.93. The molecule has 0 spiro atoms. The quantitative estimate of drug-likeness (QED) is 0.260. The maximum atomic E-state index is 13.1. The first-order valence-corrected chi connectivity index (χ1v) is 9.44. The Kier molecular flexibility index (Phi) is 6.60. The van der Waals surface area contributed by atoms with Gasteiger partial charge in [-0.1, -0.05) is 54.6 Å². The summed E-state index contributed by atoms with van der Waals surface area (Å²) in [5.74, 6) is 0.476. The van der Waals surface area contributed by atoms with Gasteiger partial charge >= 0.3 is 0 Å². The summed E-state index contributed by atoms with van der Waals surface area (Å²) in [5, 5.41) is 14.1. The normalized spacial score (nSPS) is 12.1. The summed E-state index contributed by atoms with van der Waals surface area (Å²) >= 11 is 0. The van der Waals surface area contributed by atoms with E-state index < -0.39 is 4.92 Å². The number of hydrogen-bond donors (Lipinski definition) is 1. The molecule has 0 heterocycles. The van der Waals surface area contributed by atoms with Gasteiger partial charge in [0, 0.05) is 17.7 Å². The lowest BCUT2D eigenvalue weighted by atomic mass is 10.0. The van der Waals surface area contributed by atoms with Gasteiger partial charge in [-0.15, -0.1) is 0 Å². The number of methoxy groups -OCH3 is 1. The van der Waals surface area contributed by atoms with Crippen molar-refractivity contribution in [2.24, 2.45) is 0 Å². The maximum absolute atomic E-state index is 13.1. The predicted molar refractivity (Wildman–Crippen MR) is 117 cm³/mol. The molecule has 30 heavy (non-hydrogen) atoms. The van der Waals surface area contributed by atoms with Crippen molar-refractivity contribution in [3.63, 3.8) is 0 Å². The molecule has 3 aromatic rings. The van der Waals surface area contributed by atoms with E-state index in [0.717, 1.165) is 16.9 Å². The molecule has 0 saturated carbocycles. The van der Waals surface area contributed by atoms with Gasteiger partial charge in [0.05, 0.1) is 18.1 Å². The van der Waals surface area contributed by atoms with E-state index in [9.17, 15) is 14.9 Å². The second-order valence-corrected chi connectivity index (χ2v) is 6.74. The van der Waals surface area contributed by atoms with E-state index in [4.69, 9.17) is 4.74 Å². The number of hydrogen-bond acceptors (Lipinski definition) is 4. The van der Waals surface area contributed by atoms with Crippen molar-refractivity contribution in [1.82, 2.24) is 5.32 Å². The van der Waals surface area contributed by atoms with Crippen molar-refractivity contribution in [2.75, 3.05) is 7.11 Å². The van der Waals surface area contributed by atoms with E-state index in [0.29, 0.717) is 11.1 Å². The second kappa shape index (κ2) is 9.52. The lowest BCUT2D eigenvalue weighted by Gasteiger charge is -2.17. The van der Waals surface area contributed by atoms with E-state index in [1.165, 1.54) is 12.1 Å². The molecule has 1 atom stereocenters. The van der Waals surface area contributed by atoms with Gasteiger partial charge in [-0.2, -0.15) is 0 Å². The van der Waals surface area contributed by atoms with Crippen LogP contribution in [0.15, 0.2) is 78.9 Å². The van der Waals surface area contributed by atoms with Crippen LogP contribution < -0.4 is 10.1 Å². The molecule has 6 nitrogen and oxygen atoms in total. The van der Waals surface area contributed by atoms with Crippen LogP contribution in [0.4, 0.5) is 5.69 Å². The standard InChI is InChI=1S/C24H22N2O4/c1-17(19-11-13-22(30-2)14-12-19)25-24(27)23(20-8-4-3-5-9-20)16-18-7-6-10-21(15-18)26(28)29/h3-17H,1-2H3,(H,25,27)/b23-16+/t17-/m0/s1. The Morgan fingerprint density at radius 2 is 1.73 bits per heavy atom. The summed E-state index contributed by atoms with van der Waals surface area (Å²) < 4.78 is 5.17. The van der Waals surface area contributed by atoms with Crippen LogP contribution in [0.2, 0.25) is 0 Å². The number of ether oxygens (including phenoxy) is 1. The van der Waals surface area contributed by atoms with Crippen molar-refractivity contribution in [3.05, 3.63) is 106 Å². The Balaban J connectivity index is 1.91. The molecule has 0 saturated heterocycles. The molecule has 0 aliphatic carbocycles. The van der Waals surface area contributed by atoms with Gasteiger partial charge in [-0.3, -0.25) is 14.9 Å². The van der Waals surface area contributed by atoms with Crippen LogP contribution in [0.3, 0.4) is 0 Å². The van der Waals surface area contributed by atoms with Gasteiger partial charge in [0.2, 0.25) is 0 Å². The van der Waals surface area contributed by atoms with Crippen LogP contribution in [-0.2, 0) is 4.79 Å². The Labute approximate surface area is 175 Å². The van der Waals surface area contributed by atoms with Gasteiger partial charge in [0.25, 0.3) is 11.6 Å². The average Bonchev–Trinajstić information content (AvgIpc) is 2.78. The third-order valence-electron chi connectivity index (χ3n) is 4.68. The number of amides is 1. The Morgan fingerprint density at radius 1 is 1.03 bits per heavy atom. The van der Waals surface area contributed by atoms with Gasteiger partial charge in [0.1, 0.15) is 5.75 Å². The largest absolute Gasteiger partial charge is 0.497 e. The van der Waals surface area contributed by atoms with E-state index >= 15 is 0 Å². The smallest absolute Gasteiger partial charge is 0.270 e. The number of carbonyl (C=O) groups is 1. The summed E-state index contributed by atoms with van der Waals surface area (Å²) in [6.45, 7) is 1.90. The van der Waals surface area contributed by atoms with E-state index in [-0.39, 0.29) is 17.6 Å². The third kappa shape index (κ3) is 5.11. The van der Waals surface area contributed by atoms with E-state index in [1.54, 1.807) is 25.3 Å². The summed E-state index contributed by atoms with van der Waals surface area (Å²) in [6.07, 6.45) is 1.67. The fourth-order valence-electron chi connectivity index (χ4n) is 3.04. The lowest BCUT2D eigenvalue weighted by Crippen LogP contribution is -2.27. The van der Waals surface area contributed by atoms with Crippen LogP contribution in [0.1, 0.15) is 29.7 Å². The number of nitrogens with one attached hydrogen (secondary N) is 1. The Bertz CT molecular complexity index is 1060. The SMILES string of the molecule is COc1ccc([C@H](C)NC(=O)/C(=C/c2cccc([N+](=O)[O-])c2)c2ccccc2)cc1. The zero-order valence-electron chi connectivity index (χ0n) is 16.7. The first-order valence-electron chi connectivity index (χ1n) is 9.44. The summed E-state index contributed by atoms with van der Waals surface area (Å²) in [4.78, 5) is 23.8. The molecule has 0 bridgehead atoms. The minimum absolute atomic E-state index is 0.0248. The molecule has 0 fully saturated rings. The van der Waals surface area contributed by atoms with Crippen LogP contribution >= 0.6 is 0 Å². The highest BCUT2D eigenvalue weighted by atomic mass is 16.6. The molecule has 1 N–H and O–H groups in total. The van der Waals surface area contributed by atoms with Crippen LogP contribution in [-0.4, -0.2) is 17.9 Å². The fourth-order valence-corrected chi connectivity index (χ4v) is 3.04. The maximum Gasteiger partial charge on any atom is 0.270 e. The first-order chi connectivity index (χ1) is 14.5. The lowest BCUT2D eigenvalue weighted by molar-refractivity contribution is -0.384. The van der Waals surface area contributed by atoms with Crippen molar-refractivity contribution < 1.29 is 14.5 Å². The van der Waals surface area contributed by atoms with Gasteiger partial charge in [-0.25, -0.2) is 0 Å². The number of nitrogens with zero attached hydrogens (tertiary/aromatic N) is 1. The van der Waals surface area contributed by atoms with Gasteiger partial charge in [-0.05, 0) is 41.8 Å². The molecule has 0 radical (unpaired) electrons. The highest BCUT2D eigenvalue weighted by molar-refractivity contribution is 6.24.